The van der Waals surface area contributed by atoms with E-state index in [0.717, 1.165) is 50.0 Å². The van der Waals surface area contributed by atoms with E-state index in [1.165, 1.54) is 10.4 Å². The Morgan fingerprint density at radius 2 is 1.93 bits per heavy atom. The number of hydrogen-bond donors (Lipinski definition) is 2. The van der Waals surface area contributed by atoms with Crippen LogP contribution in [0.15, 0.2) is 53.4 Å². The summed E-state index contributed by atoms with van der Waals surface area (Å²) in [6.45, 7) is 2.16. The quantitative estimate of drug-likeness (QED) is 0.774. The highest BCUT2D eigenvalue weighted by Crippen LogP contribution is 2.31. The minimum absolute atomic E-state index is 0. The summed E-state index contributed by atoms with van der Waals surface area (Å²) in [6.07, 6.45) is 3.61. The van der Waals surface area contributed by atoms with Gasteiger partial charge in [-0.1, -0.05) is 24.3 Å². The first kappa shape index (κ1) is 21.6. The molecule has 1 amide bonds. The van der Waals surface area contributed by atoms with Gasteiger partial charge in [0.1, 0.15) is 0 Å². The van der Waals surface area contributed by atoms with Crippen LogP contribution in [0.2, 0.25) is 0 Å². The SMILES string of the molecule is Cl.O=C(N[C@H]1CCCNC1)c1cccc(S(=O)(=O)N2CCCc3ccccc32)c1. The van der Waals surface area contributed by atoms with Crippen molar-refractivity contribution >= 4 is 34.0 Å². The number of aryl methyl sites for hydroxylation is 1. The number of fused-ring (bicyclic) bond motifs is 1. The molecule has 2 aromatic rings. The average Bonchev–Trinajstić information content (AvgIpc) is 2.74. The fourth-order valence-corrected chi connectivity index (χ4v) is 5.50. The molecule has 1 atom stereocenters. The average molecular weight is 436 g/mol. The van der Waals surface area contributed by atoms with Crippen molar-refractivity contribution in [2.45, 2.75) is 36.6 Å². The number of nitrogens with zero attached hydrogens (tertiary/aromatic N) is 1. The topological polar surface area (TPSA) is 78.5 Å². The minimum atomic E-state index is -3.72. The van der Waals surface area contributed by atoms with Crippen molar-refractivity contribution in [1.82, 2.24) is 10.6 Å². The van der Waals surface area contributed by atoms with Gasteiger partial charge in [0.15, 0.2) is 0 Å². The molecular weight excluding hydrogens is 410 g/mol. The lowest BCUT2D eigenvalue weighted by atomic mass is 10.0. The van der Waals surface area contributed by atoms with Crippen molar-refractivity contribution in [2.75, 3.05) is 23.9 Å². The zero-order valence-electron chi connectivity index (χ0n) is 16.1. The third kappa shape index (κ3) is 4.57. The third-order valence-corrected chi connectivity index (χ3v) is 7.19. The molecular formula is C21H26ClN3O3S. The Morgan fingerprint density at radius 3 is 2.72 bits per heavy atom. The number of carbonyl (C=O) groups excluding carboxylic acids is 1. The molecule has 2 heterocycles. The molecule has 0 aliphatic carbocycles. The van der Waals surface area contributed by atoms with Crippen LogP contribution in [0.5, 0.6) is 0 Å². The normalized spacial score (nSPS) is 19.0. The summed E-state index contributed by atoms with van der Waals surface area (Å²) in [5.41, 5.74) is 2.14. The molecule has 4 rings (SSSR count). The first-order valence-electron chi connectivity index (χ1n) is 9.78. The van der Waals surface area contributed by atoms with Gasteiger partial charge < -0.3 is 10.6 Å². The summed E-state index contributed by atoms with van der Waals surface area (Å²) in [5, 5.41) is 6.26. The molecule has 29 heavy (non-hydrogen) atoms. The predicted molar refractivity (Wildman–Crippen MR) is 116 cm³/mol. The number of benzene rings is 2. The van der Waals surface area contributed by atoms with Crippen molar-refractivity contribution in [2.24, 2.45) is 0 Å². The smallest absolute Gasteiger partial charge is 0.264 e. The molecule has 1 fully saturated rings. The summed E-state index contributed by atoms with van der Waals surface area (Å²) >= 11 is 0. The van der Waals surface area contributed by atoms with Crippen molar-refractivity contribution in [3.8, 4) is 0 Å². The highest BCUT2D eigenvalue weighted by atomic mass is 35.5. The van der Waals surface area contributed by atoms with Gasteiger partial charge in [0.25, 0.3) is 15.9 Å². The summed E-state index contributed by atoms with van der Waals surface area (Å²) in [7, 11) is -3.72. The number of anilines is 1. The summed E-state index contributed by atoms with van der Waals surface area (Å²) in [4.78, 5) is 12.8. The van der Waals surface area contributed by atoms with Gasteiger partial charge >= 0.3 is 0 Å². The second kappa shape index (κ2) is 9.15. The molecule has 8 heteroatoms. The fourth-order valence-electron chi connectivity index (χ4n) is 3.92. The molecule has 2 aliphatic heterocycles. The lowest BCUT2D eigenvalue weighted by molar-refractivity contribution is 0.0930. The van der Waals surface area contributed by atoms with Crippen LogP contribution >= 0.6 is 12.4 Å². The zero-order chi connectivity index (χ0) is 19.6. The van der Waals surface area contributed by atoms with Crippen molar-refractivity contribution in [3.63, 3.8) is 0 Å². The number of piperidine rings is 1. The standard InChI is InChI=1S/C21H25N3O3S.ClH/c25-21(23-18-9-4-12-22-15-18)17-7-3-10-19(14-17)28(26,27)24-13-5-8-16-6-1-2-11-20(16)24;/h1-3,6-7,10-11,14,18,22H,4-5,8-9,12-13,15H2,(H,23,25);1H/t18-;/m0./s1. The van der Waals surface area contributed by atoms with Gasteiger partial charge in [-0.25, -0.2) is 8.42 Å². The van der Waals surface area contributed by atoms with Crippen LogP contribution in [0.3, 0.4) is 0 Å². The van der Waals surface area contributed by atoms with E-state index in [0.29, 0.717) is 12.1 Å². The Hall–Kier alpha value is -2.09. The predicted octanol–water partition coefficient (Wildman–Crippen LogP) is 2.73. The number of rotatable bonds is 4. The number of para-hydroxylation sites is 1. The van der Waals surface area contributed by atoms with Crippen LogP contribution in [0, 0.1) is 0 Å². The van der Waals surface area contributed by atoms with Gasteiger partial charge in [0.05, 0.1) is 10.6 Å². The number of halogens is 1. The van der Waals surface area contributed by atoms with Crippen molar-refractivity contribution in [3.05, 3.63) is 59.7 Å². The highest BCUT2D eigenvalue weighted by molar-refractivity contribution is 7.92. The van der Waals surface area contributed by atoms with Crippen molar-refractivity contribution in [1.29, 1.82) is 0 Å². The molecule has 1 saturated heterocycles. The van der Waals surface area contributed by atoms with Crippen molar-refractivity contribution < 1.29 is 13.2 Å². The molecule has 2 aromatic carbocycles. The largest absolute Gasteiger partial charge is 0.348 e. The van der Waals surface area contributed by atoms with Gasteiger partial charge in [-0.3, -0.25) is 9.10 Å². The van der Waals surface area contributed by atoms with E-state index in [9.17, 15) is 13.2 Å². The lowest BCUT2D eigenvalue weighted by Gasteiger charge is -2.30. The first-order valence-corrected chi connectivity index (χ1v) is 11.2. The van der Waals surface area contributed by atoms with Crippen LogP contribution in [-0.2, 0) is 16.4 Å². The van der Waals surface area contributed by atoms with E-state index >= 15 is 0 Å². The maximum absolute atomic E-state index is 13.3. The van der Waals surface area contributed by atoms with Gasteiger partial charge in [-0.15, -0.1) is 12.4 Å². The van der Waals surface area contributed by atoms with Gasteiger partial charge in [-0.2, -0.15) is 0 Å². The molecule has 2 N–H and O–H groups in total. The summed E-state index contributed by atoms with van der Waals surface area (Å²) in [5.74, 6) is -0.232. The fraction of sp³-hybridized carbons (Fsp3) is 0.381. The summed E-state index contributed by atoms with van der Waals surface area (Å²) < 4.78 is 28.1. The zero-order valence-corrected chi connectivity index (χ0v) is 17.8. The number of nitrogens with one attached hydrogen (secondary N) is 2. The maximum atomic E-state index is 13.3. The molecule has 156 valence electrons. The highest BCUT2D eigenvalue weighted by Gasteiger charge is 2.29. The molecule has 0 unspecified atom stereocenters. The maximum Gasteiger partial charge on any atom is 0.264 e. The lowest BCUT2D eigenvalue weighted by Crippen LogP contribution is -2.45. The van der Waals surface area contributed by atoms with E-state index < -0.39 is 10.0 Å². The van der Waals surface area contributed by atoms with Crippen LogP contribution in [-0.4, -0.2) is 40.0 Å². The van der Waals surface area contributed by atoms with Crippen LogP contribution in [0.25, 0.3) is 0 Å². The van der Waals surface area contributed by atoms with Crippen LogP contribution in [0.4, 0.5) is 5.69 Å². The Bertz CT molecular complexity index is 975. The Balaban J connectivity index is 0.00000240. The molecule has 2 aliphatic rings. The van der Waals surface area contributed by atoms with Crippen LogP contribution in [0.1, 0.15) is 35.2 Å². The van der Waals surface area contributed by atoms with Gasteiger partial charge in [-0.05, 0) is 62.1 Å². The van der Waals surface area contributed by atoms with Crippen LogP contribution < -0.4 is 14.9 Å². The molecule has 6 nitrogen and oxygen atoms in total. The third-order valence-electron chi connectivity index (χ3n) is 5.38. The Morgan fingerprint density at radius 1 is 1.10 bits per heavy atom. The molecule has 0 radical (unpaired) electrons. The molecule has 0 saturated carbocycles. The minimum Gasteiger partial charge on any atom is -0.348 e. The number of carbonyl (C=O) groups is 1. The second-order valence-corrected chi connectivity index (χ2v) is 9.22. The molecule has 0 aromatic heterocycles. The van der Waals surface area contributed by atoms with E-state index in [-0.39, 0.29) is 29.3 Å². The Labute approximate surface area is 178 Å². The van der Waals surface area contributed by atoms with Gasteiger partial charge in [0.2, 0.25) is 0 Å². The second-order valence-electron chi connectivity index (χ2n) is 7.35. The van der Waals surface area contributed by atoms with Gasteiger partial charge in [0, 0.05) is 24.7 Å². The van der Waals surface area contributed by atoms with E-state index in [1.807, 2.05) is 24.3 Å². The van der Waals surface area contributed by atoms with E-state index in [4.69, 9.17) is 0 Å². The molecule has 0 bridgehead atoms. The monoisotopic (exact) mass is 435 g/mol. The number of sulfonamides is 1. The van der Waals surface area contributed by atoms with E-state index in [1.54, 1.807) is 18.2 Å². The number of hydrogen-bond acceptors (Lipinski definition) is 4. The molecule has 0 spiro atoms. The first-order chi connectivity index (χ1) is 13.6. The number of amides is 1. The Kier molecular flexibility index (Phi) is 6.82. The summed E-state index contributed by atoms with van der Waals surface area (Å²) in [6, 6.07) is 14.0. The van der Waals surface area contributed by atoms with E-state index in [2.05, 4.69) is 10.6 Å².